The summed E-state index contributed by atoms with van der Waals surface area (Å²) in [6.07, 6.45) is -11.3. The number of carbonyl (C=O) groups is 2. The number of amides is 2. The summed E-state index contributed by atoms with van der Waals surface area (Å²) in [4.78, 5) is 28.7. The number of anilines is 2. The number of likely N-dealkylation sites (tertiary alicyclic amines) is 1. The number of primary amides is 1. The summed E-state index contributed by atoms with van der Waals surface area (Å²) in [5, 5.41) is 25.7. The van der Waals surface area contributed by atoms with E-state index >= 15 is 0 Å². The van der Waals surface area contributed by atoms with E-state index in [-0.39, 0.29) is 49.4 Å². The number of aliphatic hydroxyl groups excluding tert-OH is 1. The normalized spacial score (nSPS) is 16.4. The van der Waals surface area contributed by atoms with Gasteiger partial charge in [0.1, 0.15) is 5.56 Å². The lowest BCUT2D eigenvalue weighted by Gasteiger charge is -2.40. The Morgan fingerprint density at radius 2 is 1.89 bits per heavy atom. The van der Waals surface area contributed by atoms with Gasteiger partial charge in [0.05, 0.1) is 35.6 Å². The van der Waals surface area contributed by atoms with Gasteiger partial charge in [-0.25, -0.2) is 4.79 Å². The minimum Gasteiger partial charge on any atom is -0.440 e. The number of nitrogens with two attached hydrogens (primary N) is 1. The van der Waals surface area contributed by atoms with Crippen LogP contribution in [0.1, 0.15) is 41.4 Å². The van der Waals surface area contributed by atoms with E-state index in [1.807, 2.05) is 6.07 Å². The van der Waals surface area contributed by atoms with E-state index in [2.05, 4.69) is 20.1 Å². The fraction of sp³-hybridized carbons (Fsp3) is 0.476. The molecule has 38 heavy (non-hydrogen) atoms. The van der Waals surface area contributed by atoms with Crippen molar-refractivity contribution >= 4 is 23.5 Å². The minimum atomic E-state index is -4.92. The lowest BCUT2D eigenvalue weighted by atomic mass is 9.85. The van der Waals surface area contributed by atoms with Crippen molar-refractivity contribution in [2.75, 3.05) is 25.0 Å². The molecule has 11 nitrogen and oxygen atoms in total. The first-order valence-electron chi connectivity index (χ1n) is 10.9. The first-order chi connectivity index (χ1) is 17.6. The number of ether oxygens (including phenoxy) is 1. The monoisotopic (exact) mass is 549 g/mol. The van der Waals surface area contributed by atoms with Gasteiger partial charge in [-0.3, -0.25) is 14.5 Å². The Morgan fingerprint density at radius 1 is 1.24 bits per heavy atom. The number of rotatable bonds is 7. The van der Waals surface area contributed by atoms with Gasteiger partial charge in [0.15, 0.2) is 18.5 Å². The predicted molar refractivity (Wildman–Crippen MR) is 116 cm³/mol. The molecule has 0 spiro atoms. The summed E-state index contributed by atoms with van der Waals surface area (Å²) in [5.41, 5.74) is 3.70. The molecule has 4 N–H and O–H groups in total. The molecule has 1 saturated heterocycles. The molecule has 206 valence electrons. The number of pyridine rings is 1. The first-order valence-corrected chi connectivity index (χ1v) is 10.9. The Hall–Kier alpha value is -4.07. The van der Waals surface area contributed by atoms with Crippen molar-refractivity contribution in [1.29, 1.82) is 5.26 Å². The van der Waals surface area contributed by atoms with Crippen LogP contribution >= 0.6 is 0 Å². The van der Waals surface area contributed by atoms with Crippen LogP contribution in [-0.2, 0) is 10.3 Å². The van der Waals surface area contributed by atoms with Crippen LogP contribution in [0.5, 0.6) is 0 Å². The Labute approximate surface area is 210 Å². The smallest absolute Gasteiger partial charge is 0.422 e. The molecule has 3 heterocycles. The predicted octanol–water partition coefficient (Wildman–Crippen LogP) is 3.12. The molecule has 0 radical (unpaired) electrons. The van der Waals surface area contributed by atoms with E-state index in [1.54, 1.807) is 0 Å². The van der Waals surface area contributed by atoms with Gasteiger partial charge in [0, 0.05) is 19.3 Å². The van der Waals surface area contributed by atoms with Crippen LogP contribution in [0.15, 0.2) is 24.5 Å². The number of aromatic nitrogens is 3. The zero-order valence-electron chi connectivity index (χ0n) is 19.4. The van der Waals surface area contributed by atoms with Crippen LogP contribution in [0.3, 0.4) is 0 Å². The Balaban J connectivity index is 1.80. The molecule has 0 aromatic carbocycles. The van der Waals surface area contributed by atoms with Gasteiger partial charge in [-0.1, -0.05) is 0 Å². The zero-order chi connectivity index (χ0) is 28.3. The lowest BCUT2D eigenvalue weighted by molar-refractivity contribution is -0.207. The molecule has 2 aromatic rings. The molecule has 0 bridgehead atoms. The summed E-state index contributed by atoms with van der Waals surface area (Å²) in [6, 6.07) is 4.08. The molecule has 17 heteroatoms. The van der Waals surface area contributed by atoms with Gasteiger partial charge in [0.25, 0.3) is 5.91 Å². The van der Waals surface area contributed by atoms with Crippen LogP contribution in [0, 0.1) is 11.3 Å². The number of halogens is 6. The third kappa shape index (κ3) is 6.62. The molecule has 1 fully saturated rings. The second kappa shape index (κ2) is 10.7. The molecule has 2 aromatic heterocycles. The highest BCUT2D eigenvalue weighted by atomic mass is 19.4. The number of nitriles is 1. The van der Waals surface area contributed by atoms with Gasteiger partial charge < -0.3 is 25.8 Å². The van der Waals surface area contributed by atoms with Crippen molar-refractivity contribution in [2.24, 2.45) is 5.73 Å². The van der Waals surface area contributed by atoms with E-state index in [0.717, 1.165) is 23.2 Å². The van der Waals surface area contributed by atoms with E-state index in [9.17, 15) is 46.3 Å². The quantitative estimate of drug-likeness (QED) is 0.444. The average Bonchev–Trinajstić information content (AvgIpc) is 3.27. The lowest BCUT2D eigenvalue weighted by Crippen LogP contribution is -2.48. The second-order valence-electron chi connectivity index (χ2n) is 8.46. The van der Waals surface area contributed by atoms with Crippen molar-refractivity contribution in [3.63, 3.8) is 0 Å². The summed E-state index contributed by atoms with van der Waals surface area (Å²) in [5.74, 6) is -1.02. The molecule has 0 saturated carbocycles. The first kappa shape index (κ1) is 28.5. The maximum atomic E-state index is 12.7. The van der Waals surface area contributed by atoms with Crippen molar-refractivity contribution in [2.45, 2.75) is 43.3 Å². The van der Waals surface area contributed by atoms with E-state index in [0.29, 0.717) is 0 Å². The third-order valence-corrected chi connectivity index (χ3v) is 5.82. The summed E-state index contributed by atoms with van der Waals surface area (Å²) in [6.45, 7) is -1.88. The largest absolute Gasteiger partial charge is 0.440 e. The van der Waals surface area contributed by atoms with Crippen LogP contribution in [0.25, 0.3) is 0 Å². The Bertz CT molecular complexity index is 1200. The summed E-state index contributed by atoms with van der Waals surface area (Å²) in [7, 11) is 0. The van der Waals surface area contributed by atoms with Crippen molar-refractivity contribution < 1.29 is 45.8 Å². The fourth-order valence-corrected chi connectivity index (χ4v) is 3.81. The van der Waals surface area contributed by atoms with Gasteiger partial charge >= 0.3 is 18.4 Å². The third-order valence-electron chi connectivity index (χ3n) is 5.82. The molecular weight excluding hydrogens is 528 g/mol. The number of piperidine rings is 1. The molecule has 1 aliphatic heterocycles. The highest BCUT2D eigenvalue weighted by Crippen LogP contribution is 2.36. The van der Waals surface area contributed by atoms with Crippen LogP contribution in [0.4, 0.5) is 42.6 Å². The second-order valence-corrected chi connectivity index (χ2v) is 8.46. The zero-order valence-corrected chi connectivity index (χ0v) is 19.4. The van der Waals surface area contributed by atoms with Gasteiger partial charge in [-0.15, -0.1) is 0 Å². The van der Waals surface area contributed by atoms with Gasteiger partial charge in [-0.2, -0.15) is 36.7 Å². The van der Waals surface area contributed by atoms with Crippen molar-refractivity contribution in [1.82, 2.24) is 19.7 Å². The number of alkyl halides is 6. The van der Waals surface area contributed by atoms with Crippen LogP contribution in [-0.4, -0.2) is 68.8 Å². The van der Waals surface area contributed by atoms with E-state index in [1.165, 1.54) is 10.9 Å². The maximum Gasteiger partial charge on any atom is 0.422 e. The van der Waals surface area contributed by atoms with E-state index < -0.39 is 48.3 Å². The molecule has 0 aliphatic carbocycles. The molecule has 3 rings (SSSR count). The Kier molecular flexibility index (Phi) is 8.05. The standard InChI is InChI=1S/C21H21F6N7O4/c22-20(23,24)11-38-18(37)33-7-4-19(3-6-28,5-8-33)34-10-13(16(29)36)17(32-34)31-12-1-2-14(30-9-12)15(35)21(25,26)27/h1-2,9-10,15,35H,3-5,7-8,11H2,(H2,29,36)(H,31,32). The molecular formula is C21H21F6N7O4. The average molecular weight is 549 g/mol. The number of hydrogen-bond acceptors (Lipinski definition) is 8. The highest BCUT2D eigenvalue weighted by Gasteiger charge is 2.41. The van der Waals surface area contributed by atoms with Crippen molar-refractivity contribution in [3.8, 4) is 6.07 Å². The molecule has 1 atom stereocenters. The summed E-state index contributed by atoms with van der Waals surface area (Å²) >= 11 is 0. The number of nitrogens with one attached hydrogen (secondary N) is 1. The van der Waals surface area contributed by atoms with Crippen LogP contribution < -0.4 is 11.1 Å². The fourth-order valence-electron chi connectivity index (χ4n) is 3.81. The number of aliphatic hydroxyl groups is 1. The molecule has 1 aliphatic rings. The maximum absolute atomic E-state index is 12.7. The molecule has 2 amide bonds. The minimum absolute atomic E-state index is 0.0696. The molecule has 1 unspecified atom stereocenters. The number of hydrogen-bond donors (Lipinski definition) is 3. The number of carbonyl (C=O) groups excluding carboxylic acids is 2. The topological polar surface area (TPSA) is 159 Å². The van der Waals surface area contributed by atoms with Crippen LogP contribution in [0.2, 0.25) is 0 Å². The van der Waals surface area contributed by atoms with Gasteiger partial charge in [0.2, 0.25) is 0 Å². The highest BCUT2D eigenvalue weighted by molar-refractivity contribution is 5.98. The van der Waals surface area contributed by atoms with Gasteiger partial charge in [-0.05, 0) is 25.0 Å². The van der Waals surface area contributed by atoms with Crippen molar-refractivity contribution in [3.05, 3.63) is 35.8 Å². The SMILES string of the molecule is N#CCC1(n2cc(C(N)=O)c(Nc3ccc(C(O)C(F)(F)F)nc3)n2)CCN(C(=O)OCC(F)(F)F)CC1. The van der Waals surface area contributed by atoms with E-state index in [4.69, 9.17) is 5.73 Å². The number of nitrogens with zero attached hydrogens (tertiary/aromatic N) is 5. The summed E-state index contributed by atoms with van der Waals surface area (Å²) < 4.78 is 80.7. The Morgan fingerprint density at radius 3 is 2.39 bits per heavy atom.